The van der Waals surface area contributed by atoms with Crippen molar-refractivity contribution in [3.63, 3.8) is 0 Å². The van der Waals surface area contributed by atoms with Crippen molar-refractivity contribution in [2.75, 3.05) is 7.11 Å². The average Bonchev–Trinajstić information content (AvgIpc) is 2.46. The quantitative estimate of drug-likeness (QED) is 0.897. The van der Waals surface area contributed by atoms with Gasteiger partial charge >= 0.3 is 0 Å². The fraction of sp³-hybridized carbons (Fsp3) is 0.267. The molecule has 1 aromatic heterocycles. The predicted octanol–water partition coefficient (Wildman–Crippen LogP) is 3.08. The predicted molar refractivity (Wildman–Crippen MR) is 72.4 cm³/mol. The number of ether oxygens (including phenoxy) is 1. The van der Waals surface area contributed by atoms with Gasteiger partial charge in [0.05, 0.1) is 12.8 Å². The van der Waals surface area contributed by atoms with Crippen molar-refractivity contribution in [1.29, 1.82) is 0 Å². The van der Waals surface area contributed by atoms with Crippen LogP contribution in [0.4, 0.5) is 4.39 Å². The fourth-order valence-electron chi connectivity index (χ4n) is 1.91. The second kappa shape index (κ2) is 6.29. The highest BCUT2D eigenvalue weighted by Gasteiger charge is 2.12. The summed E-state index contributed by atoms with van der Waals surface area (Å²) in [6.07, 6.45) is 1.75. The van der Waals surface area contributed by atoms with Crippen molar-refractivity contribution in [3.8, 4) is 5.75 Å². The Morgan fingerprint density at radius 3 is 2.84 bits per heavy atom. The van der Waals surface area contributed by atoms with Gasteiger partial charge in [-0.2, -0.15) is 0 Å². The van der Waals surface area contributed by atoms with Crippen LogP contribution in [0.5, 0.6) is 5.75 Å². The van der Waals surface area contributed by atoms with Gasteiger partial charge in [-0.1, -0.05) is 6.07 Å². The van der Waals surface area contributed by atoms with Crippen LogP contribution in [0.3, 0.4) is 0 Å². The van der Waals surface area contributed by atoms with Gasteiger partial charge < -0.3 is 10.1 Å². The molecule has 0 radical (unpaired) electrons. The van der Waals surface area contributed by atoms with Crippen molar-refractivity contribution in [3.05, 3.63) is 59.7 Å². The Kier molecular flexibility index (Phi) is 4.47. The van der Waals surface area contributed by atoms with Gasteiger partial charge in [-0.05, 0) is 37.3 Å². The van der Waals surface area contributed by atoms with Crippen LogP contribution in [0.1, 0.15) is 24.2 Å². The molecule has 0 aliphatic heterocycles. The lowest BCUT2D eigenvalue weighted by Crippen LogP contribution is -2.19. The number of halogens is 1. The van der Waals surface area contributed by atoms with Gasteiger partial charge in [-0.25, -0.2) is 4.39 Å². The lowest BCUT2D eigenvalue weighted by atomic mass is 10.1. The molecule has 1 unspecified atom stereocenters. The maximum absolute atomic E-state index is 13.3. The number of hydrogen-bond acceptors (Lipinski definition) is 3. The second-order valence-electron chi connectivity index (χ2n) is 4.31. The SMILES string of the molecule is COc1ccc(F)cc1C(C)NCc1ccccn1. The molecule has 19 heavy (non-hydrogen) atoms. The smallest absolute Gasteiger partial charge is 0.123 e. The van der Waals surface area contributed by atoms with Crippen LogP contribution in [-0.4, -0.2) is 12.1 Å². The Hall–Kier alpha value is -1.94. The largest absolute Gasteiger partial charge is 0.496 e. The van der Waals surface area contributed by atoms with Gasteiger partial charge in [0.25, 0.3) is 0 Å². The molecule has 0 amide bonds. The van der Waals surface area contributed by atoms with Crippen LogP contribution in [0, 0.1) is 5.82 Å². The van der Waals surface area contributed by atoms with E-state index in [2.05, 4.69) is 10.3 Å². The molecule has 0 spiro atoms. The lowest BCUT2D eigenvalue weighted by molar-refractivity contribution is 0.399. The third-order valence-electron chi connectivity index (χ3n) is 2.97. The first kappa shape index (κ1) is 13.5. The Balaban J connectivity index is 2.07. The summed E-state index contributed by atoms with van der Waals surface area (Å²) >= 11 is 0. The first-order chi connectivity index (χ1) is 9.20. The summed E-state index contributed by atoms with van der Waals surface area (Å²) in [5.41, 5.74) is 1.75. The van der Waals surface area contributed by atoms with Crippen molar-refractivity contribution in [2.24, 2.45) is 0 Å². The van der Waals surface area contributed by atoms with Crippen LogP contribution in [0.25, 0.3) is 0 Å². The zero-order chi connectivity index (χ0) is 13.7. The highest BCUT2D eigenvalue weighted by Crippen LogP contribution is 2.25. The van der Waals surface area contributed by atoms with Gasteiger partial charge in [0.1, 0.15) is 11.6 Å². The summed E-state index contributed by atoms with van der Waals surface area (Å²) in [6, 6.07) is 10.3. The van der Waals surface area contributed by atoms with E-state index in [-0.39, 0.29) is 11.9 Å². The van der Waals surface area contributed by atoms with E-state index in [1.807, 2.05) is 25.1 Å². The van der Waals surface area contributed by atoms with Crippen LogP contribution in [0.15, 0.2) is 42.6 Å². The molecule has 0 saturated heterocycles. The fourth-order valence-corrected chi connectivity index (χ4v) is 1.91. The van der Waals surface area contributed by atoms with Crippen LogP contribution in [0.2, 0.25) is 0 Å². The summed E-state index contributed by atoms with van der Waals surface area (Å²) in [5.74, 6) is 0.421. The molecule has 0 aliphatic rings. The molecular weight excluding hydrogens is 243 g/mol. The topological polar surface area (TPSA) is 34.1 Å². The zero-order valence-corrected chi connectivity index (χ0v) is 11.1. The number of pyridine rings is 1. The van der Waals surface area contributed by atoms with E-state index in [4.69, 9.17) is 4.74 Å². The molecule has 1 atom stereocenters. The monoisotopic (exact) mass is 260 g/mol. The van der Waals surface area contributed by atoms with Crippen molar-refractivity contribution in [2.45, 2.75) is 19.5 Å². The van der Waals surface area contributed by atoms with Gasteiger partial charge in [-0.15, -0.1) is 0 Å². The minimum absolute atomic E-state index is 0.0207. The first-order valence-corrected chi connectivity index (χ1v) is 6.17. The van der Waals surface area contributed by atoms with Gasteiger partial charge in [0, 0.05) is 24.3 Å². The lowest BCUT2D eigenvalue weighted by Gasteiger charge is -2.17. The summed E-state index contributed by atoms with van der Waals surface area (Å²) < 4.78 is 18.6. The minimum Gasteiger partial charge on any atom is -0.496 e. The average molecular weight is 260 g/mol. The molecule has 0 aliphatic carbocycles. The van der Waals surface area contributed by atoms with E-state index in [1.165, 1.54) is 12.1 Å². The molecule has 1 heterocycles. The van der Waals surface area contributed by atoms with E-state index in [9.17, 15) is 4.39 Å². The third kappa shape index (κ3) is 3.51. The number of nitrogens with zero attached hydrogens (tertiary/aromatic N) is 1. The van der Waals surface area contributed by atoms with Crippen molar-refractivity contribution < 1.29 is 9.13 Å². The molecule has 3 nitrogen and oxygen atoms in total. The molecule has 1 aromatic carbocycles. The summed E-state index contributed by atoms with van der Waals surface area (Å²) in [5, 5.41) is 3.31. The Morgan fingerprint density at radius 1 is 1.32 bits per heavy atom. The van der Waals surface area contributed by atoms with Crippen LogP contribution in [-0.2, 0) is 6.54 Å². The van der Waals surface area contributed by atoms with Crippen LogP contribution >= 0.6 is 0 Å². The zero-order valence-electron chi connectivity index (χ0n) is 11.1. The third-order valence-corrected chi connectivity index (χ3v) is 2.97. The standard InChI is InChI=1S/C15H17FN2O/c1-11(18-10-13-5-3-4-8-17-13)14-9-12(16)6-7-15(14)19-2/h3-9,11,18H,10H2,1-2H3. The Labute approximate surface area is 112 Å². The number of methoxy groups -OCH3 is 1. The molecule has 0 fully saturated rings. The minimum atomic E-state index is -0.262. The highest BCUT2D eigenvalue weighted by molar-refractivity contribution is 5.36. The Bertz CT molecular complexity index is 531. The number of rotatable bonds is 5. The van der Waals surface area contributed by atoms with E-state index in [0.29, 0.717) is 12.3 Å². The summed E-state index contributed by atoms with van der Waals surface area (Å²) in [7, 11) is 1.59. The number of benzene rings is 1. The molecule has 2 aromatic rings. The van der Waals surface area contributed by atoms with E-state index >= 15 is 0 Å². The molecule has 1 N–H and O–H groups in total. The molecule has 0 bridgehead atoms. The van der Waals surface area contributed by atoms with Gasteiger partial charge in [-0.3, -0.25) is 4.98 Å². The van der Waals surface area contributed by atoms with Crippen LogP contribution < -0.4 is 10.1 Å². The molecule has 100 valence electrons. The molecular formula is C15H17FN2O. The maximum atomic E-state index is 13.3. The second-order valence-corrected chi connectivity index (χ2v) is 4.31. The summed E-state index contributed by atoms with van der Waals surface area (Å²) in [6.45, 7) is 2.60. The number of hydrogen-bond donors (Lipinski definition) is 1. The maximum Gasteiger partial charge on any atom is 0.123 e. The van der Waals surface area contributed by atoms with Gasteiger partial charge in [0.15, 0.2) is 0 Å². The van der Waals surface area contributed by atoms with Crippen molar-refractivity contribution in [1.82, 2.24) is 10.3 Å². The summed E-state index contributed by atoms with van der Waals surface area (Å²) in [4.78, 5) is 4.24. The molecule has 4 heteroatoms. The van der Waals surface area contributed by atoms with E-state index in [1.54, 1.807) is 19.4 Å². The highest BCUT2D eigenvalue weighted by atomic mass is 19.1. The molecule has 0 saturated carbocycles. The number of aromatic nitrogens is 1. The Morgan fingerprint density at radius 2 is 2.16 bits per heavy atom. The van der Waals surface area contributed by atoms with Gasteiger partial charge in [0.2, 0.25) is 0 Å². The van der Waals surface area contributed by atoms with Crippen molar-refractivity contribution >= 4 is 0 Å². The van der Waals surface area contributed by atoms with E-state index < -0.39 is 0 Å². The first-order valence-electron chi connectivity index (χ1n) is 6.17. The molecule has 2 rings (SSSR count). The number of nitrogens with one attached hydrogen (secondary N) is 1. The van der Waals surface area contributed by atoms with E-state index in [0.717, 1.165) is 11.3 Å². The normalized spacial score (nSPS) is 12.2.